The number of carbonyl (C=O) groups is 1. The second-order valence-corrected chi connectivity index (χ2v) is 6.84. The molecule has 25 heavy (non-hydrogen) atoms. The summed E-state index contributed by atoms with van der Waals surface area (Å²) in [5.41, 5.74) is 3.34. The van der Waals surface area contributed by atoms with E-state index in [0.717, 1.165) is 17.1 Å². The van der Waals surface area contributed by atoms with Crippen LogP contribution in [0.5, 0.6) is 5.75 Å². The highest BCUT2D eigenvalue weighted by molar-refractivity contribution is 7.13. The smallest absolute Gasteiger partial charge is 0.303 e. The van der Waals surface area contributed by atoms with Crippen LogP contribution in [0.4, 0.5) is 0 Å². The van der Waals surface area contributed by atoms with E-state index in [4.69, 9.17) is 9.84 Å². The molecule has 0 fully saturated rings. The summed E-state index contributed by atoms with van der Waals surface area (Å²) in [6, 6.07) is 16.2. The van der Waals surface area contributed by atoms with Crippen LogP contribution in [0.3, 0.4) is 0 Å². The molecular weight excluding hydrogens is 334 g/mol. The van der Waals surface area contributed by atoms with Gasteiger partial charge < -0.3 is 14.4 Å². The summed E-state index contributed by atoms with van der Waals surface area (Å²) in [6.45, 7) is 3.27. The van der Waals surface area contributed by atoms with Crippen LogP contribution in [-0.2, 0) is 17.8 Å². The van der Waals surface area contributed by atoms with Crippen LogP contribution in [0.15, 0.2) is 53.9 Å². The average molecular weight is 355 g/mol. The van der Waals surface area contributed by atoms with Crippen LogP contribution in [-0.4, -0.2) is 22.2 Å². The maximum atomic E-state index is 10.9. The molecule has 0 amide bonds. The predicted octanol–water partition coefficient (Wildman–Crippen LogP) is 4.62. The minimum atomic E-state index is -0.777. The number of thiophene rings is 1. The third kappa shape index (κ3) is 4.51. The number of hydrogen-bond donors (Lipinski definition) is 1. The molecule has 0 radical (unpaired) electrons. The van der Waals surface area contributed by atoms with E-state index < -0.39 is 5.97 Å². The Bertz CT molecular complexity index is 819. The van der Waals surface area contributed by atoms with Crippen molar-refractivity contribution in [3.8, 4) is 16.3 Å². The molecule has 0 unspecified atom stereocenters. The highest BCUT2D eigenvalue weighted by Gasteiger charge is 2.12. The number of aromatic nitrogens is 1. The maximum absolute atomic E-state index is 10.9. The standard InChI is InChI=1S/C20H21NO3S/c1-15-4-8-17(9-5-15)24-13-12-21-16(7-11-20(22)23)6-10-18(21)19-3-2-14-25-19/h2-6,8-10,14H,7,11-13H2,1H3,(H,22,23). The molecule has 5 heteroatoms. The number of aryl methyl sites for hydroxylation is 2. The molecule has 0 aliphatic rings. The maximum Gasteiger partial charge on any atom is 0.303 e. The number of rotatable bonds is 8. The van der Waals surface area contributed by atoms with Gasteiger partial charge in [-0.2, -0.15) is 0 Å². The number of hydrogen-bond acceptors (Lipinski definition) is 3. The second-order valence-electron chi connectivity index (χ2n) is 5.89. The summed E-state index contributed by atoms with van der Waals surface area (Å²) in [4.78, 5) is 12.1. The van der Waals surface area contributed by atoms with Gasteiger partial charge in [0.1, 0.15) is 12.4 Å². The lowest BCUT2D eigenvalue weighted by Gasteiger charge is -2.14. The quantitative estimate of drug-likeness (QED) is 0.641. The van der Waals surface area contributed by atoms with E-state index >= 15 is 0 Å². The van der Waals surface area contributed by atoms with Crippen LogP contribution < -0.4 is 4.74 Å². The van der Waals surface area contributed by atoms with Crippen LogP contribution in [0, 0.1) is 6.92 Å². The molecule has 2 heterocycles. The SMILES string of the molecule is Cc1ccc(OCCn2c(CCC(=O)O)ccc2-c2cccs2)cc1. The largest absolute Gasteiger partial charge is 0.492 e. The Morgan fingerprint density at radius 1 is 1.16 bits per heavy atom. The van der Waals surface area contributed by atoms with Crippen LogP contribution in [0.2, 0.25) is 0 Å². The van der Waals surface area contributed by atoms with Crippen LogP contribution in [0.1, 0.15) is 17.7 Å². The molecule has 1 N–H and O–H groups in total. The number of carboxylic acid groups (broad SMARTS) is 1. The minimum absolute atomic E-state index is 0.132. The third-order valence-corrected chi connectivity index (χ3v) is 4.94. The fourth-order valence-corrected chi connectivity index (χ4v) is 3.52. The Labute approximate surface area is 151 Å². The van der Waals surface area contributed by atoms with Gasteiger partial charge in [0.15, 0.2) is 0 Å². The minimum Gasteiger partial charge on any atom is -0.492 e. The normalized spacial score (nSPS) is 10.8. The predicted molar refractivity (Wildman–Crippen MR) is 100 cm³/mol. The van der Waals surface area contributed by atoms with Gasteiger partial charge in [0, 0.05) is 5.69 Å². The summed E-state index contributed by atoms with van der Waals surface area (Å²) >= 11 is 1.68. The highest BCUT2D eigenvalue weighted by Crippen LogP contribution is 2.27. The zero-order valence-corrected chi connectivity index (χ0v) is 15.0. The lowest BCUT2D eigenvalue weighted by Crippen LogP contribution is -2.12. The van der Waals surface area contributed by atoms with Gasteiger partial charge in [-0.3, -0.25) is 4.79 Å². The van der Waals surface area contributed by atoms with Gasteiger partial charge in [0.25, 0.3) is 0 Å². The summed E-state index contributed by atoms with van der Waals surface area (Å²) in [7, 11) is 0. The Hall–Kier alpha value is -2.53. The number of nitrogens with zero attached hydrogens (tertiary/aromatic N) is 1. The molecule has 0 atom stereocenters. The van der Waals surface area contributed by atoms with Crippen molar-refractivity contribution in [1.29, 1.82) is 0 Å². The van der Waals surface area contributed by atoms with Gasteiger partial charge in [-0.05, 0) is 49.1 Å². The monoisotopic (exact) mass is 355 g/mol. The van der Waals surface area contributed by atoms with Crippen molar-refractivity contribution in [3.05, 3.63) is 65.2 Å². The summed E-state index contributed by atoms with van der Waals surface area (Å²) in [5, 5.41) is 11.0. The summed E-state index contributed by atoms with van der Waals surface area (Å²) in [6.07, 6.45) is 0.651. The van der Waals surface area contributed by atoms with E-state index in [1.807, 2.05) is 48.7 Å². The molecule has 0 aliphatic heterocycles. The van der Waals surface area contributed by atoms with Crippen molar-refractivity contribution in [1.82, 2.24) is 4.57 Å². The van der Waals surface area contributed by atoms with E-state index in [1.54, 1.807) is 11.3 Å². The molecule has 130 valence electrons. The molecule has 0 saturated carbocycles. The fourth-order valence-electron chi connectivity index (χ4n) is 2.76. The number of carboxylic acids is 1. The van der Waals surface area contributed by atoms with Crippen molar-refractivity contribution in [3.63, 3.8) is 0 Å². The van der Waals surface area contributed by atoms with E-state index in [9.17, 15) is 4.79 Å². The van der Waals surface area contributed by atoms with Gasteiger partial charge in [-0.25, -0.2) is 0 Å². The zero-order chi connectivity index (χ0) is 17.6. The molecular formula is C20H21NO3S. The Morgan fingerprint density at radius 3 is 2.64 bits per heavy atom. The van der Waals surface area contributed by atoms with E-state index in [1.165, 1.54) is 10.4 Å². The Kier molecular flexibility index (Phi) is 5.56. The lowest BCUT2D eigenvalue weighted by atomic mass is 10.2. The number of ether oxygens (including phenoxy) is 1. The first-order valence-electron chi connectivity index (χ1n) is 8.27. The Morgan fingerprint density at radius 2 is 1.96 bits per heavy atom. The summed E-state index contributed by atoms with van der Waals surface area (Å²) < 4.78 is 8.02. The van der Waals surface area contributed by atoms with Gasteiger partial charge in [-0.15, -0.1) is 11.3 Å². The van der Waals surface area contributed by atoms with Crippen molar-refractivity contribution in [2.24, 2.45) is 0 Å². The van der Waals surface area contributed by atoms with Crippen molar-refractivity contribution in [2.45, 2.75) is 26.3 Å². The molecule has 0 bridgehead atoms. The number of aliphatic carboxylic acids is 1. The van der Waals surface area contributed by atoms with Gasteiger partial charge in [-0.1, -0.05) is 23.8 Å². The van der Waals surface area contributed by atoms with Crippen molar-refractivity contribution >= 4 is 17.3 Å². The van der Waals surface area contributed by atoms with Crippen LogP contribution >= 0.6 is 11.3 Å². The highest BCUT2D eigenvalue weighted by atomic mass is 32.1. The third-order valence-electron chi connectivity index (χ3n) is 4.04. The topological polar surface area (TPSA) is 51.5 Å². The lowest BCUT2D eigenvalue weighted by molar-refractivity contribution is -0.136. The molecule has 3 rings (SSSR count). The first-order chi connectivity index (χ1) is 12.1. The van der Waals surface area contributed by atoms with E-state index in [0.29, 0.717) is 19.6 Å². The molecule has 0 aliphatic carbocycles. The molecule has 4 nitrogen and oxygen atoms in total. The first-order valence-corrected chi connectivity index (χ1v) is 9.15. The fraction of sp³-hybridized carbons (Fsp3) is 0.250. The molecule has 3 aromatic rings. The van der Waals surface area contributed by atoms with Crippen molar-refractivity contribution in [2.75, 3.05) is 6.61 Å². The average Bonchev–Trinajstić information content (AvgIpc) is 3.24. The molecule has 1 aromatic carbocycles. The van der Waals surface area contributed by atoms with Crippen molar-refractivity contribution < 1.29 is 14.6 Å². The van der Waals surface area contributed by atoms with Gasteiger partial charge in [0.05, 0.1) is 23.5 Å². The molecule has 0 spiro atoms. The van der Waals surface area contributed by atoms with E-state index in [-0.39, 0.29) is 6.42 Å². The molecule has 2 aromatic heterocycles. The van der Waals surface area contributed by atoms with E-state index in [2.05, 4.69) is 16.7 Å². The second kappa shape index (κ2) is 8.03. The molecule has 0 saturated heterocycles. The van der Waals surface area contributed by atoms with Gasteiger partial charge in [0.2, 0.25) is 0 Å². The Balaban J connectivity index is 1.73. The van der Waals surface area contributed by atoms with Gasteiger partial charge >= 0.3 is 5.97 Å². The first kappa shape index (κ1) is 17.3. The summed E-state index contributed by atoms with van der Waals surface area (Å²) in [5.74, 6) is 0.0730. The zero-order valence-electron chi connectivity index (χ0n) is 14.1. The van der Waals surface area contributed by atoms with Crippen LogP contribution in [0.25, 0.3) is 10.6 Å². The number of benzene rings is 1.